The Morgan fingerprint density at radius 1 is 1.25 bits per heavy atom. The van der Waals surface area contributed by atoms with Crippen LogP contribution in [0.15, 0.2) is 18.2 Å². The number of rotatable bonds is 6. The molecule has 1 rings (SSSR count). The SMILES string of the molecule is CCCCNC(C)Cc1ccc(O)c(O)c1. The molecular weight excluding hydrogens is 202 g/mol. The van der Waals surface area contributed by atoms with E-state index in [1.165, 1.54) is 18.9 Å². The molecule has 0 spiro atoms. The van der Waals surface area contributed by atoms with E-state index < -0.39 is 0 Å². The Bertz CT molecular complexity index is 326. The summed E-state index contributed by atoms with van der Waals surface area (Å²) >= 11 is 0. The van der Waals surface area contributed by atoms with Gasteiger partial charge in [0.05, 0.1) is 0 Å². The van der Waals surface area contributed by atoms with Crippen molar-refractivity contribution in [3.05, 3.63) is 23.8 Å². The molecule has 0 heterocycles. The summed E-state index contributed by atoms with van der Waals surface area (Å²) in [5, 5.41) is 22.0. The molecule has 0 saturated carbocycles. The lowest BCUT2D eigenvalue weighted by molar-refractivity contribution is 0.402. The Morgan fingerprint density at radius 3 is 2.62 bits per heavy atom. The molecule has 0 aliphatic carbocycles. The highest BCUT2D eigenvalue weighted by atomic mass is 16.3. The zero-order valence-corrected chi connectivity index (χ0v) is 10.0. The lowest BCUT2D eigenvalue weighted by atomic mass is 10.1. The number of phenolic OH excluding ortho intramolecular Hbond substituents is 2. The van der Waals surface area contributed by atoms with Crippen molar-refractivity contribution in [3.63, 3.8) is 0 Å². The number of unbranched alkanes of at least 4 members (excludes halogenated alkanes) is 1. The molecule has 1 unspecified atom stereocenters. The maximum Gasteiger partial charge on any atom is 0.157 e. The Balaban J connectivity index is 2.43. The molecule has 0 aliphatic heterocycles. The van der Waals surface area contributed by atoms with Crippen molar-refractivity contribution in [1.82, 2.24) is 5.32 Å². The predicted molar refractivity (Wildman–Crippen MR) is 65.8 cm³/mol. The molecule has 0 aromatic heterocycles. The normalized spacial score (nSPS) is 12.6. The minimum Gasteiger partial charge on any atom is -0.504 e. The summed E-state index contributed by atoms with van der Waals surface area (Å²) in [4.78, 5) is 0. The number of hydrogen-bond acceptors (Lipinski definition) is 3. The quantitative estimate of drug-likeness (QED) is 0.513. The fourth-order valence-corrected chi connectivity index (χ4v) is 1.65. The average molecular weight is 223 g/mol. The minimum atomic E-state index is -0.0599. The van der Waals surface area contributed by atoms with Crippen molar-refractivity contribution in [2.45, 2.75) is 39.2 Å². The summed E-state index contributed by atoms with van der Waals surface area (Å²) in [7, 11) is 0. The Kier molecular flexibility index (Phi) is 5.12. The van der Waals surface area contributed by atoms with Crippen LogP contribution in [0.4, 0.5) is 0 Å². The van der Waals surface area contributed by atoms with Crippen LogP contribution >= 0.6 is 0 Å². The Hall–Kier alpha value is -1.22. The van der Waals surface area contributed by atoms with Crippen molar-refractivity contribution in [2.24, 2.45) is 0 Å². The van der Waals surface area contributed by atoms with Crippen LogP contribution < -0.4 is 5.32 Å². The first-order valence-electron chi connectivity index (χ1n) is 5.87. The molecule has 16 heavy (non-hydrogen) atoms. The number of benzene rings is 1. The van der Waals surface area contributed by atoms with Gasteiger partial charge in [-0.2, -0.15) is 0 Å². The maximum absolute atomic E-state index is 9.36. The highest BCUT2D eigenvalue weighted by Crippen LogP contribution is 2.25. The molecule has 1 atom stereocenters. The molecule has 0 aliphatic rings. The molecular formula is C13H21NO2. The van der Waals surface area contributed by atoms with Gasteiger partial charge >= 0.3 is 0 Å². The summed E-state index contributed by atoms with van der Waals surface area (Å²) in [6.45, 7) is 5.33. The summed E-state index contributed by atoms with van der Waals surface area (Å²) < 4.78 is 0. The van der Waals surface area contributed by atoms with Gasteiger partial charge in [-0.3, -0.25) is 0 Å². The monoisotopic (exact) mass is 223 g/mol. The first-order valence-corrected chi connectivity index (χ1v) is 5.87. The van der Waals surface area contributed by atoms with Gasteiger partial charge in [-0.1, -0.05) is 19.4 Å². The van der Waals surface area contributed by atoms with Crippen LogP contribution in [-0.2, 0) is 6.42 Å². The zero-order valence-electron chi connectivity index (χ0n) is 10.0. The van der Waals surface area contributed by atoms with Gasteiger partial charge in [0, 0.05) is 6.04 Å². The van der Waals surface area contributed by atoms with Crippen molar-refractivity contribution in [3.8, 4) is 11.5 Å². The summed E-state index contributed by atoms with van der Waals surface area (Å²) in [6, 6.07) is 5.37. The molecule has 3 nitrogen and oxygen atoms in total. The van der Waals surface area contributed by atoms with E-state index in [1.54, 1.807) is 6.07 Å². The second-order valence-corrected chi connectivity index (χ2v) is 4.24. The van der Waals surface area contributed by atoms with Gasteiger partial charge in [-0.25, -0.2) is 0 Å². The Morgan fingerprint density at radius 2 is 2.00 bits per heavy atom. The van der Waals surface area contributed by atoms with Gasteiger partial charge in [-0.05, 0) is 44.0 Å². The summed E-state index contributed by atoms with van der Waals surface area (Å²) in [5.41, 5.74) is 1.03. The standard InChI is InChI=1S/C13H21NO2/c1-3-4-7-14-10(2)8-11-5-6-12(15)13(16)9-11/h5-6,9-10,14-16H,3-4,7-8H2,1-2H3. The van der Waals surface area contributed by atoms with Gasteiger partial charge < -0.3 is 15.5 Å². The van der Waals surface area contributed by atoms with E-state index in [-0.39, 0.29) is 11.5 Å². The number of nitrogens with one attached hydrogen (secondary N) is 1. The molecule has 1 aromatic rings. The van der Waals surface area contributed by atoms with Crippen molar-refractivity contribution in [1.29, 1.82) is 0 Å². The van der Waals surface area contributed by atoms with Crippen LogP contribution in [0.3, 0.4) is 0 Å². The molecule has 0 fully saturated rings. The van der Waals surface area contributed by atoms with Crippen LogP contribution in [0.5, 0.6) is 11.5 Å². The van der Waals surface area contributed by atoms with Gasteiger partial charge in [0.1, 0.15) is 0 Å². The highest BCUT2D eigenvalue weighted by molar-refractivity contribution is 5.40. The second kappa shape index (κ2) is 6.38. The molecule has 0 saturated heterocycles. The zero-order chi connectivity index (χ0) is 12.0. The summed E-state index contributed by atoms with van der Waals surface area (Å²) in [5.74, 6) is -0.103. The first-order chi connectivity index (χ1) is 7.63. The highest BCUT2D eigenvalue weighted by Gasteiger charge is 2.05. The van der Waals surface area contributed by atoms with E-state index in [9.17, 15) is 10.2 Å². The average Bonchev–Trinajstić information content (AvgIpc) is 2.24. The fraction of sp³-hybridized carbons (Fsp3) is 0.538. The largest absolute Gasteiger partial charge is 0.504 e. The molecule has 90 valence electrons. The molecule has 0 radical (unpaired) electrons. The van der Waals surface area contributed by atoms with Crippen LogP contribution in [0, 0.1) is 0 Å². The van der Waals surface area contributed by atoms with Crippen LogP contribution in [0.2, 0.25) is 0 Å². The van der Waals surface area contributed by atoms with Crippen molar-refractivity contribution in [2.75, 3.05) is 6.54 Å². The van der Waals surface area contributed by atoms with Gasteiger partial charge in [0.15, 0.2) is 11.5 Å². The third kappa shape index (κ3) is 4.11. The third-order valence-corrected chi connectivity index (χ3v) is 2.60. The lowest BCUT2D eigenvalue weighted by Crippen LogP contribution is -2.28. The molecule has 0 bridgehead atoms. The smallest absolute Gasteiger partial charge is 0.157 e. The number of aromatic hydroxyl groups is 2. The van der Waals surface area contributed by atoms with Crippen LogP contribution in [0.1, 0.15) is 32.3 Å². The predicted octanol–water partition coefficient (Wildman–Crippen LogP) is 2.42. The van der Waals surface area contributed by atoms with Gasteiger partial charge in [0.25, 0.3) is 0 Å². The fourth-order valence-electron chi connectivity index (χ4n) is 1.65. The molecule has 3 heteroatoms. The number of phenols is 2. The molecule has 0 amide bonds. The van der Waals surface area contributed by atoms with E-state index in [0.29, 0.717) is 6.04 Å². The summed E-state index contributed by atoms with van der Waals surface area (Å²) in [6.07, 6.45) is 3.24. The van der Waals surface area contributed by atoms with E-state index in [2.05, 4.69) is 19.2 Å². The Labute approximate surface area is 97.1 Å². The third-order valence-electron chi connectivity index (χ3n) is 2.60. The van der Waals surface area contributed by atoms with E-state index in [0.717, 1.165) is 18.5 Å². The van der Waals surface area contributed by atoms with Crippen molar-refractivity contribution >= 4 is 0 Å². The molecule has 3 N–H and O–H groups in total. The van der Waals surface area contributed by atoms with Crippen molar-refractivity contribution < 1.29 is 10.2 Å². The second-order valence-electron chi connectivity index (χ2n) is 4.24. The van der Waals surface area contributed by atoms with E-state index >= 15 is 0 Å². The van der Waals surface area contributed by atoms with Crippen LogP contribution in [-0.4, -0.2) is 22.8 Å². The van der Waals surface area contributed by atoms with Gasteiger partial charge in [0.2, 0.25) is 0 Å². The molecule has 1 aromatic carbocycles. The maximum atomic E-state index is 9.36. The topological polar surface area (TPSA) is 52.5 Å². The van der Waals surface area contributed by atoms with Gasteiger partial charge in [-0.15, -0.1) is 0 Å². The van der Waals surface area contributed by atoms with E-state index in [1.807, 2.05) is 6.07 Å². The minimum absolute atomic E-state index is 0.0433. The number of hydrogen-bond donors (Lipinski definition) is 3. The van der Waals surface area contributed by atoms with E-state index in [4.69, 9.17) is 0 Å². The van der Waals surface area contributed by atoms with Crippen LogP contribution in [0.25, 0.3) is 0 Å². The lowest BCUT2D eigenvalue weighted by Gasteiger charge is -2.13. The first kappa shape index (κ1) is 12.8.